The fraction of sp³-hybridized carbons (Fsp3) is 1.00. The molecule has 0 aliphatic carbocycles. The maximum absolute atomic E-state index is 9.19. The van der Waals surface area contributed by atoms with Crippen molar-refractivity contribution in [1.82, 2.24) is 0 Å². The van der Waals surface area contributed by atoms with Crippen LogP contribution in [-0.4, -0.2) is 42.3 Å². The van der Waals surface area contributed by atoms with Crippen LogP contribution in [0, 0.1) is 0 Å². The summed E-state index contributed by atoms with van der Waals surface area (Å²) in [6.45, 7) is 0. The van der Waals surface area contributed by atoms with E-state index in [0.717, 1.165) is 0 Å². The first-order chi connectivity index (χ1) is 2.00. The quantitative estimate of drug-likeness (QED) is 0.343. The van der Waals surface area contributed by atoms with E-state index in [1.807, 2.05) is 0 Å². The van der Waals surface area contributed by atoms with Crippen molar-refractivity contribution >= 4 is 33.2 Å². The Morgan fingerprint density at radius 2 is 1.67 bits per heavy atom. The molecule has 0 aliphatic heterocycles. The van der Waals surface area contributed by atoms with Gasteiger partial charge in [0.2, 0.25) is 0 Å². The van der Waals surface area contributed by atoms with Gasteiger partial charge >= 0.3 is 23.1 Å². The topological polar surface area (TPSA) is 54.4 Å². The fourth-order valence-corrected chi connectivity index (χ4v) is 0. The molecule has 6 heavy (non-hydrogen) atoms. The Morgan fingerprint density at radius 3 is 1.67 bits per heavy atom. The largest absolute Gasteiger partial charge is 2.00 e. The van der Waals surface area contributed by atoms with Crippen molar-refractivity contribution in [3.63, 3.8) is 0 Å². The summed E-state index contributed by atoms with van der Waals surface area (Å²) in [5.41, 5.74) is 0. The Labute approximate surface area is 55.6 Å². The van der Waals surface area contributed by atoms with Crippen LogP contribution in [0.25, 0.3) is 0 Å². The zero-order chi connectivity index (χ0) is 4.50. The Hall–Kier alpha value is 0.676. The van der Waals surface area contributed by atoms with Crippen molar-refractivity contribution < 1.29 is 15.8 Å². The Bertz CT molecular complexity index is 100. The number of hydrogen-bond donors (Lipinski definition) is 1. The van der Waals surface area contributed by atoms with Gasteiger partial charge < -0.3 is 2.85 Å². The van der Waals surface area contributed by atoms with E-state index in [9.17, 15) is 8.42 Å². The molecule has 0 spiro atoms. The third-order valence-electron chi connectivity index (χ3n) is 0. The maximum atomic E-state index is 9.19. The van der Waals surface area contributed by atoms with Crippen LogP contribution in [-0.2, 0) is 10.1 Å². The second-order valence-electron chi connectivity index (χ2n) is 0.733. The minimum atomic E-state index is -3.67. The summed E-state index contributed by atoms with van der Waals surface area (Å²) >= 11 is 0. The van der Waals surface area contributed by atoms with Crippen molar-refractivity contribution in [2.75, 3.05) is 6.26 Å². The molecule has 1 N–H and O–H groups in total. The fourth-order valence-electron chi connectivity index (χ4n) is 0. The summed E-state index contributed by atoms with van der Waals surface area (Å²) in [6.07, 6.45) is 0.715. The average molecular weight is 122 g/mol. The van der Waals surface area contributed by atoms with Crippen LogP contribution in [0.15, 0.2) is 0 Å². The second-order valence-corrected chi connectivity index (χ2v) is 2.20. The predicted octanol–water partition coefficient (Wildman–Crippen LogP) is -0.652. The molecule has 0 atom stereocenters. The first-order valence-corrected chi connectivity index (χ1v) is 2.77. The summed E-state index contributed by atoms with van der Waals surface area (Å²) in [7, 11) is -3.67. The molecule has 3 nitrogen and oxygen atoms in total. The van der Waals surface area contributed by atoms with Gasteiger partial charge in [-0.1, -0.05) is 0 Å². The zero-order valence-electron chi connectivity index (χ0n) is 5.38. The Morgan fingerprint density at radius 1 is 1.67 bits per heavy atom. The van der Waals surface area contributed by atoms with Gasteiger partial charge in [-0.15, -0.1) is 0 Å². The van der Waals surface area contributed by atoms with E-state index in [0.29, 0.717) is 6.26 Å². The van der Waals surface area contributed by atoms with Gasteiger partial charge in [-0.25, -0.2) is 0 Å². The van der Waals surface area contributed by atoms with Crippen LogP contribution < -0.4 is 0 Å². The van der Waals surface area contributed by atoms with Crippen LogP contribution in [0.3, 0.4) is 0 Å². The molecule has 36 valence electrons. The maximum Gasteiger partial charge on any atom is 2.00 e. The summed E-state index contributed by atoms with van der Waals surface area (Å²) in [4.78, 5) is 0. The number of hydrogen-bond acceptors (Lipinski definition) is 2. The van der Waals surface area contributed by atoms with Crippen LogP contribution in [0.1, 0.15) is 2.85 Å². The van der Waals surface area contributed by atoms with Gasteiger partial charge in [-0.3, -0.25) is 4.55 Å². The van der Waals surface area contributed by atoms with E-state index in [-0.39, 0.29) is 25.9 Å². The van der Waals surface area contributed by atoms with Crippen LogP contribution in [0.2, 0.25) is 0 Å². The standard InChI is InChI=1S/CH4O3S.Mg.2H/c1-5(2,3)4;;;/h1H3,(H,2,3,4);;;/q;+2;2*-1. The molecule has 0 aliphatic rings. The van der Waals surface area contributed by atoms with Gasteiger partial charge in [0.05, 0.1) is 6.26 Å². The van der Waals surface area contributed by atoms with Gasteiger partial charge in [-0.2, -0.15) is 8.42 Å². The van der Waals surface area contributed by atoms with Crippen LogP contribution >= 0.6 is 0 Å². The van der Waals surface area contributed by atoms with E-state index in [4.69, 9.17) is 4.55 Å². The van der Waals surface area contributed by atoms with Crippen molar-refractivity contribution in [1.29, 1.82) is 0 Å². The molecule has 0 unspecified atom stereocenters. The van der Waals surface area contributed by atoms with Gasteiger partial charge in [0, 0.05) is 0 Å². The van der Waals surface area contributed by atoms with Crippen molar-refractivity contribution in [2.45, 2.75) is 0 Å². The molecule has 5 heteroatoms. The van der Waals surface area contributed by atoms with Crippen molar-refractivity contribution in [2.24, 2.45) is 0 Å². The molecule has 0 aromatic carbocycles. The first-order valence-electron chi connectivity index (χ1n) is 0.924. The summed E-state index contributed by atoms with van der Waals surface area (Å²) in [6, 6.07) is 0. The number of rotatable bonds is 0. The zero-order valence-corrected chi connectivity index (χ0v) is 5.61. The molecule has 0 aromatic rings. The van der Waals surface area contributed by atoms with Crippen LogP contribution in [0.5, 0.6) is 0 Å². The third kappa shape index (κ3) is 138. The molecule has 0 aromatic heterocycles. The monoisotopic (exact) mass is 122 g/mol. The Balaban J connectivity index is -0.0000000267. The van der Waals surface area contributed by atoms with E-state index in [1.54, 1.807) is 0 Å². The molecule has 0 fully saturated rings. The van der Waals surface area contributed by atoms with E-state index >= 15 is 0 Å². The summed E-state index contributed by atoms with van der Waals surface area (Å²) in [5, 5.41) is 0. The smallest absolute Gasteiger partial charge is 1.00 e. The van der Waals surface area contributed by atoms with E-state index in [1.165, 1.54) is 0 Å². The molecule has 0 amide bonds. The molecule has 0 saturated carbocycles. The molecule has 0 bridgehead atoms. The van der Waals surface area contributed by atoms with Gasteiger partial charge in [0.1, 0.15) is 0 Å². The third-order valence-corrected chi connectivity index (χ3v) is 0. The molecular weight excluding hydrogens is 116 g/mol. The van der Waals surface area contributed by atoms with Crippen molar-refractivity contribution in [3.05, 3.63) is 0 Å². The van der Waals surface area contributed by atoms with Crippen molar-refractivity contribution in [3.8, 4) is 0 Å². The molecule has 0 radical (unpaired) electrons. The van der Waals surface area contributed by atoms with Gasteiger partial charge in [-0.05, 0) is 0 Å². The molecule has 0 heterocycles. The molecule has 0 rings (SSSR count). The first kappa shape index (κ1) is 9.84. The van der Waals surface area contributed by atoms with Gasteiger partial charge in [0.25, 0.3) is 10.1 Å². The minimum absolute atomic E-state index is 0. The summed E-state index contributed by atoms with van der Waals surface area (Å²) in [5.74, 6) is 0. The SMILES string of the molecule is CS(=O)(=O)O.[H-].[H-].[Mg+2]. The second kappa shape index (κ2) is 2.78. The van der Waals surface area contributed by atoms with E-state index < -0.39 is 10.1 Å². The van der Waals surface area contributed by atoms with Gasteiger partial charge in [0.15, 0.2) is 0 Å². The minimum Gasteiger partial charge on any atom is -1.00 e. The predicted molar refractivity (Wildman–Crippen MR) is 25.5 cm³/mol. The normalized spacial score (nSPS) is 9.67. The van der Waals surface area contributed by atoms with E-state index in [2.05, 4.69) is 0 Å². The van der Waals surface area contributed by atoms with Crippen LogP contribution in [0.4, 0.5) is 0 Å². The Kier molecular flexibility index (Phi) is 4.57. The summed E-state index contributed by atoms with van der Waals surface area (Å²) < 4.78 is 25.9. The molecular formula is CH6MgO3S. The molecule has 0 saturated heterocycles. The average Bonchev–Trinajstić information content (AvgIpc) is 0.722.